The third kappa shape index (κ3) is 43.1. The van der Waals surface area contributed by atoms with Gasteiger partial charge in [0.1, 0.15) is 0 Å². The molecule has 0 aliphatic rings. The third-order valence-corrected chi connectivity index (χ3v) is 10.8. The molecule has 4 heteroatoms. The van der Waals surface area contributed by atoms with E-state index in [1.54, 1.807) is 0 Å². The molecular weight excluding hydrogens is 613 g/mol. The van der Waals surface area contributed by atoms with E-state index < -0.39 is 0 Å². The van der Waals surface area contributed by atoms with Crippen LogP contribution in [0.2, 0.25) is 0 Å². The van der Waals surface area contributed by atoms with Gasteiger partial charge in [-0.3, -0.25) is 9.59 Å². The zero-order valence-electron chi connectivity index (χ0n) is 34.5. The highest BCUT2D eigenvalue weighted by Crippen LogP contribution is 2.16. The summed E-state index contributed by atoms with van der Waals surface area (Å²) in [6.45, 7) is 6.17. The Labute approximate surface area is 315 Å². The molecule has 0 bridgehead atoms. The Hall–Kier alpha value is -1.06. The third-order valence-electron chi connectivity index (χ3n) is 10.8. The van der Waals surface area contributed by atoms with E-state index in [0.717, 1.165) is 51.6 Å². The summed E-state index contributed by atoms with van der Waals surface area (Å²) in [5, 5.41) is 6.20. The highest BCUT2D eigenvalue weighted by molar-refractivity contribution is 5.76. The number of rotatable bonds is 43. The van der Waals surface area contributed by atoms with Crippen molar-refractivity contribution in [2.45, 2.75) is 271 Å². The number of nitrogens with one attached hydrogen (secondary N) is 2. The quantitative estimate of drug-likeness (QED) is 0.0621. The maximum Gasteiger partial charge on any atom is 0.219 e. The first-order valence-electron chi connectivity index (χ1n) is 23.2. The summed E-state index contributed by atoms with van der Waals surface area (Å²) in [5.74, 6) is 0.449. The average molecular weight is 705 g/mol. The minimum absolute atomic E-state index is 0.225. The van der Waals surface area contributed by atoms with E-state index in [1.807, 2.05) is 0 Å². The maximum atomic E-state index is 12.1. The Bertz CT molecular complexity index is 611. The minimum Gasteiger partial charge on any atom is -0.356 e. The number of unbranched alkanes of at least 4 members (excludes halogenated alkanes) is 35. The zero-order valence-corrected chi connectivity index (χ0v) is 34.5. The summed E-state index contributed by atoms with van der Waals surface area (Å²) in [7, 11) is 0. The van der Waals surface area contributed by atoms with Crippen LogP contribution >= 0.6 is 0 Å². The highest BCUT2D eigenvalue weighted by Gasteiger charge is 2.03. The number of hydrogen-bond donors (Lipinski definition) is 2. The van der Waals surface area contributed by atoms with E-state index in [-0.39, 0.29) is 11.8 Å². The van der Waals surface area contributed by atoms with Gasteiger partial charge in [-0.15, -0.1) is 0 Å². The molecule has 0 aliphatic heterocycles. The monoisotopic (exact) mass is 705 g/mol. The Morgan fingerprint density at radius 1 is 0.260 bits per heavy atom. The van der Waals surface area contributed by atoms with Crippen molar-refractivity contribution in [2.24, 2.45) is 0 Å². The molecule has 0 heterocycles. The van der Waals surface area contributed by atoms with E-state index in [1.165, 1.54) is 205 Å². The number of carbonyl (C=O) groups is 2. The van der Waals surface area contributed by atoms with Crippen molar-refractivity contribution in [2.75, 3.05) is 13.1 Å². The van der Waals surface area contributed by atoms with Crippen LogP contribution in [-0.4, -0.2) is 24.9 Å². The summed E-state index contributed by atoms with van der Waals surface area (Å²) >= 11 is 0. The highest BCUT2D eigenvalue weighted by atomic mass is 16.2. The SMILES string of the molecule is CCCCCCCCCCCCCCCCCCCC(=O)NCCCCCCNC(=O)CCCCCCCCCCCCCCCCCCC. The lowest BCUT2D eigenvalue weighted by Crippen LogP contribution is -2.24. The molecule has 0 aromatic heterocycles. The molecule has 0 spiro atoms. The van der Waals surface area contributed by atoms with Gasteiger partial charge >= 0.3 is 0 Å². The topological polar surface area (TPSA) is 58.2 Å². The van der Waals surface area contributed by atoms with Gasteiger partial charge in [0.25, 0.3) is 0 Å². The molecular formula is C46H92N2O2. The average Bonchev–Trinajstić information content (AvgIpc) is 3.12. The second-order valence-corrected chi connectivity index (χ2v) is 15.9. The molecule has 0 rings (SSSR count). The van der Waals surface area contributed by atoms with Crippen molar-refractivity contribution in [3.8, 4) is 0 Å². The first kappa shape index (κ1) is 48.9. The fourth-order valence-electron chi connectivity index (χ4n) is 7.26. The van der Waals surface area contributed by atoms with Crippen LogP contribution in [0, 0.1) is 0 Å². The summed E-state index contributed by atoms with van der Waals surface area (Å²) in [6.07, 6.45) is 52.3. The fraction of sp³-hybridized carbons (Fsp3) is 0.957. The van der Waals surface area contributed by atoms with Crippen molar-refractivity contribution in [3.63, 3.8) is 0 Å². The van der Waals surface area contributed by atoms with Gasteiger partial charge < -0.3 is 10.6 Å². The lowest BCUT2D eigenvalue weighted by molar-refractivity contribution is -0.122. The Morgan fingerprint density at radius 3 is 0.660 bits per heavy atom. The molecule has 0 saturated heterocycles. The Kier molecular flexibility index (Phi) is 43.2. The van der Waals surface area contributed by atoms with E-state index >= 15 is 0 Å². The number of amides is 2. The van der Waals surface area contributed by atoms with Gasteiger partial charge in [0.15, 0.2) is 0 Å². The van der Waals surface area contributed by atoms with E-state index in [4.69, 9.17) is 0 Å². The molecule has 0 saturated carbocycles. The first-order valence-corrected chi connectivity index (χ1v) is 23.2. The van der Waals surface area contributed by atoms with Crippen LogP contribution < -0.4 is 10.6 Å². The molecule has 50 heavy (non-hydrogen) atoms. The zero-order chi connectivity index (χ0) is 36.3. The molecule has 0 aromatic rings. The lowest BCUT2D eigenvalue weighted by atomic mass is 10.0. The van der Waals surface area contributed by atoms with Gasteiger partial charge in [-0.1, -0.05) is 232 Å². The molecule has 298 valence electrons. The minimum atomic E-state index is 0.225. The van der Waals surface area contributed by atoms with Gasteiger partial charge in [-0.2, -0.15) is 0 Å². The van der Waals surface area contributed by atoms with Gasteiger partial charge in [0.05, 0.1) is 0 Å². The van der Waals surface area contributed by atoms with E-state index in [0.29, 0.717) is 12.8 Å². The predicted octanol–water partition coefficient (Wildman–Crippen LogP) is 14.9. The van der Waals surface area contributed by atoms with Crippen LogP contribution in [0.5, 0.6) is 0 Å². The molecule has 0 radical (unpaired) electrons. The van der Waals surface area contributed by atoms with Crippen molar-refractivity contribution < 1.29 is 9.59 Å². The first-order chi connectivity index (χ1) is 24.7. The summed E-state index contributed by atoms with van der Waals surface area (Å²) in [6, 6.07) is 0. The largest absolute Gasteiger partial charge is 0.356 e. The van der Waals surface area contributed by atoms with Gasteiger partial charge in [-0.05, 0) is 25.7 Å². The summed E-state index contributed by atoms with van der Waals surface area (Å²) in [5.41, 5.74) is 0. The van der Waals surface area contributed by atoms with Crippen molar-refractivity contribution in [3.05, 3.63) is 0 Å². The van der Waals surface area contributed by atoms with E-state index in [9.17, 15) is 9.59 Å². The van der Waals surface area contributed by atoms with Gasteiger partial charge in [-0.25, -0.2) is 0 Å². The van der Waals surface area contributed by atoms with Crippen LogP contribution in [0.15, 0.2) is 0 Å². The molecule has 2 N–H and O–H groups in total. The molecule has 0 aromatic carbocycles. The smallest absolute Gasteiger partial charge is 0.219 e. The van der Waals surface area contributed by atoms with Crippen LogP contribution in [-0.2, 0) is 9.59 Å². The number of carbonyl (C=O) groups excluding carboxylic acids is 2. The van der Waals surface area contributed by atoms with E-state index in [2.05, 4.69) is 24.5 Å². The standard InChI is InChI=1S/C46H92N2O2/c1-3-5-7-9-11-13-15-17-19-21-23-25-27-29-31-33-37-41-45(49)47-43-39-35-36-40-44-48-46(50)42-38-34-32-30-28-26-24-22-20-18-16-14-12-10-8-6-4-2/h3-44H2,1-2H3,(H,47,49)(H,48,50). The molecule has 4 nitrogen and oxygen atoms in total. The second-order valence-electron chi connectivity index (χ2n) is 15.9. The van der Waals surface area contributed by atoms with Gasteiger partial charge in [0.2, 0.25) is 11.8 Å². The molecule has 0 atom stereocenters. The van der Waals surface area contributed by atoms with Crippen LogP contribution in [0.1, 0.15) is 271 Å². The molecule has 2 amide bonds. The van der Waals surface area contributed by atoms with Crippen molar-refractivity contribution >= 4 is 11.8 Å². The van der Waals surface area contributed by atoms with Gasteiger partial charge in [0, 0.05) is 25.9 Å². The molecule has 0 fully saturated rings. The maximum absolute atomic E-state index is 12.1. The normalized spacial score (nSPS) is 11.3. The Balaban J connectivity index is 3.23. The predicted molar refractivity (Wildman–Crippen MR) is 222 cm³/mol. The lowest BCUT2D eigenvalue weighted by Gasteiger charge is -2.07. The van der Waals surface area contributed by atoms with Crippen molar-refractivity contribution in [1.29, 1.82) is 0 Å². The second kappa shape index (κ2) is 44.1. The number of hydrogen-bond acceptors (Lipinski definition) is 2. The van der Waals surface area contributed by atoms with Crippen LogP contribution in [0.4, 0.5) is 0 Å². The molecule has 0 aliphatic carbocycles. The van der Waals surface area contributed by atoms with Crippen LogP contribution in [0.25, 0.3) is 0 Å². The fourth-order valence-corrected chi connectivity index (χ4v) is 7.26. The van der Waals surface area contributed by atoms with Crippen molar-refractivity contribution in [1.82, 2.24) is 10.6 Å². The summed E-state index contributed by atoms with van der Waals surface area (Å²) in [4.78, 5) is 24.2. The Morgan fingerprint density at radius 2 is 0.440 bits per heavy atom. The van der Waals surface area contributed by atoms with Crippen LogP contribution in [0.3, 0.4) is 0 Å². The molecule has 0 unspecified atom stereocenters. The summed E-state index contributed by atoms with van der Waals surface area (Å²) < 4.78 is 0.